The first-order chi connectivity index (χ1) is 22.6. The van der Waals surface area contributed by atoms with Gasteiger partial charge in [-0.3, -0.25) is 10.2 Å². The van der Waals surface area contributed by atoms with Crippen LogP contribution < -0.4 is 0 Å². The van der Waals surface area contributed by atoms with Crippen molar-refractivity contribution >= 4 is 21.8 Å². The summed E-state index contributed by atoms with van der Waals surface area (Å²) in [5.41, 5.74) is 12.5. The molecule has 0 saturated carbocycles. The normalized spacial score (nSPS) is 11.7. The van der Waals surface area contributed by atoms with E-state index in [0.717, 1.165) is 78.5 Å². The number of hydrogen-bond acceptors (Lipinski definition) is 6. The zero-order chi connectivity index (χ0) is 30.8. The lowest BCUT2D eigenvalue weighted by Gasteiger charge is -2.07. The van der Waals surface area contributed by atoms with Crippen molar-refractivity contribution < 1.29 is 0 Å². The van der Waals surface area contributed by atoms with E-state index in [1.165, 1.54) is 0 Å². The first kappa shape index (κ1) is 25.9. The minimum atomic E-state index is 0.717. The van der Waals surface area contributed by atoms with Crippen molar-refractivity contribution in [2.75, 3.05) is 0 Å². The predicted octanol–water partition coefficient (Wildman–Crippen LogP) is 6.54. The fraction of sp³-hybridized carbons (Fsp3) is 0.0588. The standard InChI is InChI=1S/C34H26N12/c1-19-33(31-15-29(37-39-31)25-17-35-27-9-5-3-7-23(25)27)41-43-45(19)21-11-13-22(14-12-21)46-20(2)34(42-44-46)32-16-30(38-40-32)26-18-36-28-10-6-4-8-24(26)28/h3-18,35-36H,1-2H3,(H,37,39)(H,38,40). The molecule has 9 rings (SSSR count). The number of fused-ring (bicyclic) bond motifs is 2. The van der Waals surface area contributed by atoms with Crippen molar-refractivity contribution in [1.82, 2.24) is 60.4 Å². The fourth-order valence-corrected chi connectivity index (χ4v) is 6.11. The van der Waals surface area contributed by atoms with Crippen LogP contribution in [0, 0.1) is 13.8 Å². The van der Waals surface area contributed by atoms with Crippen LogP contribution in [0.5, 0.6) is 0 Å². The molecule has 0 fully saturated rings. The van der Waals surface area contributed by atoms with E-state index in [0.29, 0.717) is 11.4 Å². The van der Waals surface area contributed by atoms with E-state index in [2.05, 4.69) is 75.3 Å². The van der Waals surface area contributed by atoms with Gasteiger partial charge in [0, 0.05) is 45.3 Å². The Balaban J connectivity index is 0.972. The summed E-state index contributed by atoms with van der Waals surface area (Å²) in [6.07, 6.45) is 3.98. The van der Waals surface area contributed by atoms with Gasteiger partial charge in [-0.05, 0) is 62.4 Å². The van der Waals surface area contributed by atoms with Gasteiger partial charge in [-0.2, -0.15) is 10.2 Å². The Bertz CT molecular complexity index is 2340. The van der Waals surface area contributed by atoms with E-state index >= 15 is 0 Å². The molecule has 0 bridgehead atoms. The lowest BCUT2D eigenvalue weighted by molar-refractivity contribution is 0.774. The van der Waals surface area contributed by atoms with Gasteiger partial charge in [0.1, 0.15) is 22.8 Å². The average molecular weight is 603 g/mol. The van der Waals surface area contributed by atoms with Crippen LogP contribution in [0.15, 0.2) is 97.3 Å². The molecule has 9 aromatic rings. The third kappa shape index (κ3) is 4.00. The van der Waals surface area contributed by atoms with Crippen LogP contribution in [0.4, 0.5) is 0 Å². The van der Waals surface area contributed by atoms with Crippen molar-refractivity contribution in [3.8, 4) is 56.7 Å². The van der Waals surface area contributed by atoms with Gasteiger partial charge in [-0.15, -0.1) is 10.2 Å². The lowest BCUT2D eigenvalue weighted by Crippen LogP contribution is -2.02. The summed E-state index contributed by atoms with van der Waals surface area (Å²) >= 11 is 0. The number of aromatic amines is 4. The summed E-state index contributed by atoms with van der Waals surface area (Å²) in [5.74, 6) is 0. The third-order valence-corrected chi connectivity index (χ3v) is 8.53. The molecule has 0 amide bonds. The van der Waals surface area contributed by atoms with Crippen LogP contribution >= 0.6 is 0 Å². The maximum absolute atomic E-state index is 4.55. The number of aromatic nitrogens is 12. The number of nitrogens with zero attached hydrogens (tertiary/aromatic N) is 8. The van der Waals surface area contributed by atoms with Gasteiger partial charge in [0.2, 0.25) is 0 Å². The molecule has 6 heterocycles. The zero-order valence-electron chi connectivity index (χ0n) is 24.8. The topological polar surface area (TPSA) is 150 Å². The van der Waals surface area contributed by atoms with Crippen LogP contribution in [0.3, 0.4) is 0 Å². The zero-order valence-corrected chi connectivity index (χ0v) is 24.8. The Morgan fingerprint density at radius 2 is 0.978 bits per heavy atom. The maximum Gasteiger partial charge on any atom is 0.136 e. The van der Waals surface area contributed by atoms with Gasteiger partial charge in [-0.25, -0.2) is 9.36 Å². The molecule has 3 aromatic carbocycles. The maximum atomic E-state index is 4.55. The third-order valence-electron chi connectivity index (χ3n) is 8.53. The van der Waals surface area contributed by atoms with Crippen molar-refractivity contribution in [2.24, 2.45) is 0 Å². The molecular formula is C34H26N12. The van der Waals surface area contributed by atoms with Crippen molar-refractivity contribution in [3.63, 3.8) is 0 Å². The second-order valence-electron chi connectivity index (χ2n) is 11.2. The van der Waals surface area contributed by atoms with E-state index in [4.69, 9.17) is 0 Å². The second-order valence-corrected chi connectivity index (χ2v) is 11.2. The number of benzene rings is 3. The first-order valence-corrected chi connectivity index (χ1v) is 14.8. The highest BCUT2D eigenvalue weighted by Crippen LogP contribution is 2.32. The Hall–Kier alpha value is -6.56. The quantitative estimate of drug-likeness (QED) is 0.170. The van der Waals surface area contributed by atoms with E-state index in [-0.39, 0.29) is 0 Å². The molecule has 12 nitrogen and oxygen atoms in total. The molecule has 4 N–H and O–H groups in total. The predicted molar refractivity (Wildman–Crippen MR) is 175 cm³/mol. The first-order valence-electron chi connectivity index (χ1n) is 14.8. The SMILES string of the molecule is Cc1c(-c2cc(-c3c[nH]c4ccccc34)[nH]n2)nnn1-c1ccc(-n2nnc(-c3cc(-c4c[nH]c5ccccc45)[nH]n3)c2C)cc1. The Kier molecular flexibility index (Phi) is 5.62. The molecule has 0 spiro atoms. The Morgan fingerprint density at radius 1 is 0.543 bits per heavy atom. The fourth-order valence-electron chi connectivity index (χ4n) is 6.11. The van der Waals surface area contributed by atoms with Crippen LogP contribution in [-0.4, -0.2) is 60.4 Å². The van der Waals surface area contributed by atoms with Crippen LogP contribution in [0.1, 0.15) is 11.4 Å². The second kappa shape index (κ2) is 9.99. The summed E-state index contributed by atoms with van der Waals surface area (Å²) in [5, 5.41) is 35.5. The number of para-hydroxylation sites is 2. The highest BCUT2D eigenvalue weighted by molar-refractivity contribution is 5.96. The molecular weight excluding hydrogens is 576 g/mol. The summed E-state index contributed by atoms with van der Waals surface area (Å²) in [6, 6.07) is 28.4. The van der Waals surface area contributed by atoms with Crippen molar-refractivity contribution in [3.05, 3.63) is 109 Å². The van der Waals surface area contributed by atoms with E-state index in [1.54, 1.807) is 0 Å². The minimum Gasteiger partial charge on any atom is -0.360 e. The molecule has 12 heteroatoms. The molecule has 0 aliphatic heterocycles. The number of rotatable bonds is 6. The van der Waals surface area contributed by atoms with Gasteiger partial charge in [0.15, 0.2) is 0 Å². The van der Waals surface area contributed by atoms with Crippen LogP contribution in [0.25, 0.3) is 78.5 Å². The summed E-state index contributed by atoms with van der Waals surface area (Å²) in [6.45, 7) is 3.98. The summed E-state index contributed by atoms with van der Waals surface area (Å²) < 4.78 is 3.63. The van der Waals surface area contributed by atoms with E-state index in [1.807, 2.05) is 96.3 Å². The van der Waals surface area contributed by atoms with Gasteiger partial charge in [0.25, 0.3) is 0 Å². The Labute approximate surface area is 261 Å². The molecule has 0 aliphatic carbocycles. The molecule has 0 radical (unpaired) electrons. The molecule has 0 unspecified atom stereocenters. The van der Waals surface area contributed by atoms with Crippen molar-refractivity contribution in [1.29, 1.82) is 0 Å². The molecule has 6 aromatic heterocycles. The Morgan fingerprint density at radius 3 is 1.43 bits per heavy atom. The molecule has 222 valence electrons. The van der Waals surface area contributed by atoms with Gasteiger partial charge in [-0.1, -0.05) is 46.8 Å². The molecule has 0 saturated heterocycles. The lowest BCUT2D eigenvalue weighted by atomic mass is 10.1. The minimum absolute atomic E-state index is 0.717. The smallest absolute Gasteiger partial charge is 0.136 e. The monoisotopic (exact) mass is 602 g/mol. The van der Waals surface area contributed by atoms with E-state index in [9.17, 15) is 0 Å². The van der Waals surface area contributed by atoms with E-state index < -0.39 is 0 Å². The largest absolute Gasteiger partial charge is 0.360 e. The highest BCUT2D eigenvalue weighted by Gasteiger charge is 2.19. The molecule has 0 atom stereocenters. The number of nitrogens with one attached hydrogen (secondary N) is 4. The summed E-state index contributed by atoms with van der Waals surface area (Å²) in [4.78, 5) is 6.64. The van der Waals surface area contributed by atoms with Crippen molar-refractivity contribution in [2.45, 2.75) is 13.8 Å². The number of hydrogen-bond donors (Lipinski definition) is 4. The molecule has 0 aliphatic rings. The van der Waals surface area contributed by atoms with Gasteiger partial charge < -0.3 is 9.97 Å². The van der Waals surface area contributed by atoms with Gasteiger partial charge >= 0.3 is 0 Å². The van der Waals surface area contributed by atoms with Crippen LogP contribution in [-0.2, 0) is 0 Å². The highest BCUT2D eigenvalue weighted by atomic mass is 15.4. The average Bonchev–Trinajstić information content (AvgIpc) is 3.93. The number of H-pyrrole nitrogens is 4. The van der Waals surface area contributed by atoms with Gasteiger partial charge in [0.05, 0.1) is 34.2 Å². The summed E-state index contributed by atoms with van der Waals surface area (Å²) in [7, 11) is 0. The van der Waals surface area contributed by atoms with Crippen LogP contribution in [0.2, 0.25) is 0 Å². The molecule has 46 heavy (non-hydrogen) atoms.